The van der Waals surface area contributed by atoms with Crippen LogP contribution in [0.5, 0.6) is 5.75 Å². The number of ether oxygens (including phenoxy) is 1. The molecular formula is C18H19N3O4. The van der Waals surface area contributed by atoms with E-state index in [1.807, 2.05) is 0 Å². The minimum absolute atomic E-state index is 0.174. The van der Waals surface area contributed by atoms with Crippen molar-refractivity contribution in [2.75, 3.05) is 23.1 Å². The summed E-state index contributed by atoms with van der Waals surface area (Å²) in [7, 11) is 1.56. The molecule has 7 nitrogen and oxygen atoms in total. The third-order valence-corrected chi connectivity index (χ3v) is 3.18. The van der Waals surface area contributed by atoms with Crippen molar-refractivity contribution in [3.63, 3.8) is 0 Å². The van der Waals surface area contributed by atoms with Crippen molar-refractivity contribution in [1.29, 1.82) is 0 Å². The summed E-state index contributed by atoms with van der Waals surface area (Å²) in [6, 6.07) is 13.4. The third-order valence-electron chi connectivity index (χ3n) is 3.18. The number of benzene rings is 2. The molecule has 3 amide bonds. The average Bonchev–Trinajstić information content (AvgIpc) is 2.56. The Bertz CT molecular complexity index is 755. The van der Waals surface area contributed by atoms with Gasteiger partial charge in [0.25, 0.3) is 0 Å². The Morgan fingerprint density at radius 3 is 1.56 bits per heavy atom. The Kier molecular flexibility index (Phi) is 6.11. The minimum atomic E-state index is -0.432. The Balaban J connectivity index is 1.84. The Hall–Kier alpha value is -3.35. The largest absolute Gasteiger partial charge is 0.497 e. The summed E-state index contributed by atoms with van der Waals surface area (Å²) in [6.07, 6.45) is -0.306. The normalized spacial score (nSPS) is 9.84. The monoisotopic (exact) mass is 341 g/mol. The summed E-state index contributed by atoms with van der Waals surface area (Å²) in [4.78, 5) is 34.8. The zero-order valence-electron chi connectivity index (χ0n) is 14.0. The first-order valence-electron chi connectivity index (χ1n) is 7.57. The van der Waals surface area contributed by atoms with E-state index < -0.39 is 11.8 Å². The van der Waals surface area contributed by atoms with Gasteiger partial charge in [-0.3, -0.25) is 14.4 Å². The lowest BCUT2D eigenvalue weighted by molar-refractivity contribution is -0.123. The van der Waals surface area contributed by atoms with Crippen LogP contribution in [0.3, 0.4) is 0 Å². The molecule has 0 saturated carbocycles. The maximum Gasteiger partial charge on any atom is 0.233 e. The van der Waals surface area contributed by atoms with Gasteiger partial charge in [0.2, 0.25) is 17.7 Å². The van der Waals surface area contributed by atoms with Gasteiger partial charge in [0.05, 0.1) is 7.11 Å². The molecule has 7 heteroatoms. The van der Waals surface area contributed by atoms with Crippen molar-refractivity contribution in [2.45, 2.75) is 13.3 Å². The summed E-state index contributed by atoms with van der Waals surface area (Å²) >= 11 is 0. The summed E-state index contributed by atoms with van der Waals surface area (Å²) in [5, 5.41) is 7.89. The van der Waals surface area contributed by atoms with Gasteiger partial charge in [-0.1, -0.05) is 0 Å². The molecule has 0 atom stereocenters. The average molecular weight is 341 g/mol. The highest BCUT2D eigenvalue weighted by atomic mass is 16.5. The van der Waals surface area contributed by atoms with E-state index >= 15 is 0 Å². The van der Waals surface area contributed by atoms with Gasteiger partial charge in [0, 0.05) is 24.0 Å². The molecule has 0 aliphatic carbocycles. The molecular weight excluding hydrogens is 322 g/mol. The lowest BCUT2D eigenvalue weighted by Gasteiger charge is -2.08. The molecule has 3 N–H and O–H groups in total. The molecule has 0 aliphatic rings. The number of rotatable bonds is 6. The van der Waals surface area contributed by atoms with E-state index in [0.29, 0.717) is 22.8 Å². The van der Waals surface area contributed by atoms with Crippen LogP contribution in [-0.2, 0) is 14.4 Å². The van der Waals surface area contributed by atoms with Crippen LogP contribution >= 0.6 is 0 Å². The van der Waals surface area contributed by atoms with Gasteiger partial charge in [0.1, 0.15) is 12.2 Å². The molecule has 2 aromatic carbocycles. The van der Waals surface area contributed by atoms with Crippen LogP contribution in [0, 0.1) is 0 Å². The number of hydrogen-bond donors (Lipinski definition) is 3. The van der Waals surface area contributed by atoms with E-state index in [4.69, 9.17) is 4.74 Å². The number of carbonyl (C=O) groups excluding carboxylic acids is 3. The standard InChI is InChI=1S/C18H19N3O4/c1-12(22)19-13-3-5-14(6-4-13)20-17(23)11-18(24)21-15-7-9-16(25-2)10-8-15/h3-10H,11H2,1-2H3,(H,19,22)(H,20,23)(H,21,24). The zero-order chi connectivity index (χ0) is 18.2. The van der Waals surface area contributed by atoms with E-state index in [1.54, 1.807) is 55.6 Å². The van der Waals surface area contributed by atoms with Gasteiger partial charge in [-0.25, -0.2) is 0 Å². The van der Waals surface area contributed by atoms with Gasteiger partial charge in [-0.05, 0) is 48.5 Å². The highest BCUT2D eigenvalue weighted by Gasteiger charge is 2.10. The van der Waals surface area contributed by atoms with E-state index in [1.165, 1.54) is 6.92 Å². The molecule has 0 saturated heterocycles. The van der Waals surface area contributed by atoms with Crippen molar-refractivity contribution >= 4 is 34.8 Å². The molecule has 0 aromatic heterocycles. The van der Waals surface area contributed by atoms with Crippen LogP contribution in [0.25, 0.3) is 0 Å². The van der Waals surface area contributed by atoms with Crippen LogP contribution in [0.2, 0.25) is 0 Å². The molecule has 0 radical (unpaired) electrons. The fourth-order valence-electron chi connectivity index (χ4n) is 2.07. The predicted octanol–water partition coefficient (Wildman–Crippen LogP) is 2.62. The van der Waals surface area contributed by atoms with Crippen LogP contribution in [0.15, 0.2) is 48.5 Å². The molecule has 2 aromatic rings. The maximum absolute atomic E-state index is 11.9. The Morgan fingerprint density at radius 2 is 1.16 bits per heavy atom. The van der Waals surface area contributed by atoms with Crippen LogP contribution < -0.4 is 20.7 Å². The maximum atomic E-state index is 11.9. The SMILES string of the molecule is COc1ccc(NC(=O)CC(=O)Nc2ccc(NC(C)=O)cc2)cc1. The first kappa shape index (κ1) is 18.0. The fourth-order valence-corrected chi connectivity index (χ4v) is 2.07. The van der Waals surface area contributed by atoms with Crippen molar-refractivity contribution in [1.82, 2.24) is 0 Å². The highest BCUT2D eigenvalue weighted by molar-refractivity contribution is 6.08. The van der Waals surface area contributed by atoms with Crippen LogP contribution in [-0.4, -0.2) is 24.8 Å². The van der Waals surface area contributed by atoms with Crippen LogP contribution in [0.4, 0.5) is 17.1 Å². The van der Waals surface area contributed by atoms with E-state index in [9.17, 15) is 14.4 Å². The van der Waals surface area contributed by atoms with Crippen LogP contribution in [0.1, 0.15) is 13.3 Å². The summed E-state index contributed by atoms with van der Waals surface area (Å²) < 4.78 is 5.03. The van der Waals surface area contributed by atoms with Gasteiger partial charge in [-0.2, -0.15) is 0 Å². The van der Waals surface area contributed by atoms with Gasteiger partial charge in [-0.15, -0.1) is 0 Å². The predicted molar refractivity (Wildman–Crippen MR) is 95.6 cm³/mol. The van der Waals surface area contributed by atoms with Gasteiger partial charge < -0.3 is 20.7 Å². The first-order chi connectivity index (χ1) is 12.0. The topological polar surface area (TPSA) is 96.5 Å². The molecule has 130 valence electrons. The fraction of sp³-hybridized carbons (Fsp3) is 0.167. The molecule has 0 unspecified atom stereocenters. The van der Waals surface area contributed by atoms with E-state index in [-0.39, 0.29) is 12.3 Å². The van der Waals surface area contributed by atoms with E-state index in [2.05, 4.69) is 16.0 Å². The van der Waals surface area contributed by atoms with Crippen molar-refractivity contribution in [3.05, 3.63) is 48.5 Å². The molecule has 2 rings (SSSR count). The number of hydrogen-bond acceptors (Lipinski definition) is 4. The smallest absolute Gasteiger partial charge is 0.233 e. The molecule has 0 heterocycles. The van der Waals surface area contributed by atoms with Crippen molar-refractivity contribution in [2.24, 2.45) is 0 Å². The lowest BCUT2D eigenvalue weighted by Crippen LogP contribution is -2.21. The second-order valence-corrected chi connectivity index (χ2v) is 5.26. The minimum Gasteiger partial charge on any atom is -0.497 e. The lowest BCUT2D eigenvalue weighted by atomic mass is 10.2. The summed E-state index contributed by atoms with van der Waals surface area (Å²) in [6.45, 7) is 1.41. The number of carbonyl (C=O) groups is 3. The molecule has 0 aliphatic heterocycles. The molecule has 0 spiro atoms. The summed E-state index contributed by atoms with van der Waals surface area (Å²) in [5.41, 5.74) is 1.75. The van der Waals surface area contributed by atoms with Crippen molar-refractivity contribution < 1.29 is 19.1 Å². The number of nitrogens with one attached hydrogen (secondary N) is 3. The molecule has 0 bridgehead atoms. The number of methoxy groups -OCH3 is 1. The first-order valence-corrected chi connectivity index (χ1v) is 7.57. The highest BCUT2D eigenvalue weighted by Crippen LogP contribution is 2.16. The number of anilines is 3. The van der Waals surface area contributed by atoms with Crippen molar-refractivity contribution in [3.8, 4) is 5.75 Å². The summed E-state index contributed by atoms with van der Waals surface area (Å²) in [5.74, 6) is -0.346. The van der Waals surface area contributed by atoms with Gasteiger partial charge >= 0.3 is 0 Å². The van der Waals surface area contributed by atoms with E-state index in [0.717, 1.165) is 0 Å². The third kappa shape index (κ3) is 5.98. The Labute approximate surface area is 145 Å². The Morgan fingerprint density at radius 1 is 0.760 bits per heavy atom. The molecule has 0 fully saturated rings. The molecule has 25 heavy (non-hydrogen) atoms. The zero-order valence-corrected chi connectivity index (χ0v) is 14.0. The van der Waals surface area contributed by atoms with Gasteiger partial charge in [0.15, 0.2) is 0 Å². The number of amides is 3. The quantitative estimate of drug-likeness (QED) is 0.704. The second kappa shape index (κ2) is 8.49. The second-order valence-electron chi connectivity index (χ2n) is 5.26.